The molecule has 0 saturated carbocycles. The zero-order valence-corrected chi connectivity index (χ0v) is 20.9. The molecule has 8 nitrogen and oxygen atoms in total. The first-order valence-corrected chi connectivity index (χ1v) is 12.4. The lowest BCUT2D eigenvalue weighted by molar-refractivity contribution is 0.0984. The van der Waals surface area contributed by atoms with E-state index in [2.05, 4.69) is 15.5 Å². The van der Waals surface area contributed by atoms with Crippen molar-refractivity contribution in [1.82, 2.24) is 15.0 Å². The molecule has 5 rings (SSSR count). The van der Waals surface area contributed by atoms with Gasteiger partial charge in [0.2, 0.25) is 0 Å². The minimum absolute atomic E-state index is 0.0298. The van der Waals surface area contributed by atoms with E-state index in [1.54, 1.807) is 17.0 Å². The maximum absolute atomic E-state index is 14.1. The predicted molar refractivity (Wildman–Crippen MR) is 143 cm³/mol. The Morgan fingerprint density at radius 3 is 2.32 bits per heavy atom. The van der Waals surface area contributed by atoms with E-state index in [9.17, 15) is 15.1 Å². The van der Waals surface area contributed by atoms with Crippen LogP contribution in [0.2, 0.25) is 0 Å². The summed E-state index contributed by atoms with van der Waals surface area (Å²) in [5, 5.41) is 31.5. The third-order valence-corrected chi connectivity index (χ3v) is 6.77. The van der Waals surface area contributed by atoms with Crippen LogP contribution >= 0.6 is 0 Å². The number of nitrogens with zero attached hydrogens (tertiary/aromatic N) is 5. The van der Waals surface area contributed by atoms with Gasteiger partial charge in [-0.3, -0.25) is 4.79 Å². The fourth-order valence-electron chi connectivity index (χ4n) is 4.93. The van der Waals surface area contributed by atoms with Crippen LogP contribution < -0.4 is 4.90 Å². The van der Waals surface area contributed by atoms with E-state index in [4.69, 9.17) is 0 Å². The second kappa shape index (κ2) is 10.4. The first kappa shape index (κ1) is 24.4. The molecule has 1 aromatic heterocycles. The van der Waals surface area contributed by atoms with Crippen molar-refractivity contribution in [1.29, 1.82) is 0 Å². The minimum Gasteiger partial charge on any atom is -0.411 e. The van der Waals surface area contributed by atoms with E-state index in [0.29, 0.717) is 30.8 Å². The van der Waals surface area contributed by atoms with Gasteiger partial charge in [-0.2, -0.15) is 0 Å². The molecule has 0 spiro atoms. The molecular formula is C29H29N5O3. The molecule has 188 valence electrons. The lowest BCUT2D eigenvalue weighted by atomic mass is 9.93. The van der Waals surface area contributed by atoms with Gasteiger partial charge in [0.1, 0.15) is 5.69 Å². The van der Waals surface area contributed by atoms with Crippen LogP contribution in [-0.4, -0.2) is 43.5 Å². The number of fused-ring (bicyclic) bond motifs is 5. The molecule has 1 aliphatic rings. The number of carbonyl (C=O) groups is 1. The van der Waals surface area contributed by atoms with E-state index in [0.717, 1.165) is 39.3 Å². The highest BCUT2D eigenvalue weighted by Crippen LogP contribution is 2.41. The van der Waals surface area contributed by atoms with Gasteiger partial charge in [-0.1, -0.05) is 78.0 Å². The molecule has 3 aromatic carbocycles. The van der Waals surface area contributed by atoms with Crippen LogP contribution in [0.5, 0.6) is 0 Å². The van der Waals surface area contributed by atoms with Gasteiger partial charge in [0.25, 0.3) is 5.91 Å². The molecule has 0 radical (unpaired) electrons. The summed E-state index contributed by atoms with van der Waals surface area (Å²) >= 11 is 0. The Bertz CT molecular complexity index is 1460. The molecular weight excluding hydrogens is 466 g/mol. The average molecular weight is 496 g/mol. The van der Waals surface area contributed by atoms with Crippen molar-refractivity contribution >= 4 is 17.3 Å². The van der Waals surface area contributed by atoms with Crippen molar-refractivity contribution in [3.63, 3.8) is 0 Å². The maximum atomic E-state index is 14.1. The molecule has 0 aliphatic carbocycles. The number of aliphatic hydroxyl groups excluding tert-OH is 1. The molecule has 2 N–H and O–H groups in total. The quantitative estimate of drug-likeness (QED) is 0.214. The normalized spacial score (nSPS) is 13.9. The second-order valence-electron chi connectivity index (χ2n) is 9.29. The van der Waals surface area contributed by atoms with Gasteiger partial charge in [-0.15, -0.1) is 5.10 Å². The number of aryl methyl sites for hydroxylation is 1. The van der Waals surface area contributed by atoms with Crippen LogP contribution in [-0.2, 0) is 13.2 Å². The number of oxime groups is 1. The predicted octanol–water partition coefficient (Wildman–Crippen LogP) is 4.99. The van der Waals surface area contributed by atoms with Crippen molar-refractivity contribution in [2.45, 2.75) is 33.4 Å². The van der Waals surface area contributed by atoms with Crippen LogP contribution in [0.3, 0.4) is 0 Å². The number of para-hydroxylation sites is 1. The monoisotopic (exact) mass is 495 g/mol. The number of amides is 1. The molecule has 0 saturated heterocycles. The second-order valence-corrected chi connectivity index (χ2v) is 9.29. The Balaban J connectivity index is 1.53. The van der Waals surface area contributed by atoms with Crippen LogP contribution in [0.1, 0.15) is 41.8 Å². The summed E-state index contributed by atoms with van der Waals surface area (Å²) in [7, 11) is 0. The van der Waals surface area contributed by atoms with Crippen LogP contribution in [0.4, 0.5) is 5.69 Å². The molecule has 1 amide bonds. The Morgan fingerprint density at radius 1 is 0.973 bits per heavy atom. The number of anilines is 1. The summed E-state index contributed by atoms with van der Waals surface area (Å²) in [6.45, 7) is 5.04. The summed E-state index contributed by atoms with van der Waals surface area (Å²) in [4.78, 5) is 15.9. The highest BCUT2D eigenvalue weighted by Gasteiger charge is 2.31. The van der Waals surface area contributed by atoms with Crippen LogP contribution in [0, 0.1) is 5.92 Å². The molecule has 2 heterocycles. The standard InChI is InChI=1S/C29H29N5O3/c1-3-34-28-22-8-4-5-9-23(22)29(36)33(26-11-7-6-10-24(26)27(28)30-32-34)17-19(2)16-25(31-37)21-14-12-20(18-35)13-15-21/h4-15,19,35,37H,3,16-18H2,1-2H3/b31-25+. The Labute approximate surface area is 215 Å². The SMILES string of the molecule is CCn1nnc2c1-c1ccccc1C(=O)N(CC(C)C/C(=N\O)c1ccc(CO)cc1)c1ccccc1-2. The third-order valence-electron chi connectivity index (χ3n) is 6.77. The molecule has 4 aromatic rings. The number of hydrogen-bond acceptors (Lipinski definition) is 6. The molecule has 1 atom stereocenters. The van der Waals surface area contributed by atoms with Crippen LogP contribution in [0.25, 0.3) is 22.5 Å². The van der Waals surface area contributed by atoms with Gasteiger partial charge in [0.15, 0.2) is 0 Å². The summed E-state index contributed by atoms with van der Waals surface area (Å²) in [6, 6.07) is 22.7. The molecule has 0 bridgehead atoms. The number of benzene rings is 3. The Kier molecular flexibility index (Phi) is 6.83. The smallest absolute Gasteiger partial charge is 0.258 e. The van der Waals surface area contributed by atoms with Crippen molar-refractivity contribution in [2.75, 3.05) is 11.4 Å². The fraction of sp³-hybridized carbons (Fsp3) is 0.241. The first-order valence-electron chi connectivity index (χ1n) is 12.4. The number of rotatable bonds is 7. The first-order chi connectivity index (χ1) is 18.0. The topological polar surface area (TPSA) is 104 Å². The minimum atomic E-state index is -0.0980. The van der Waals surface area contributed by atoms with E-state index < -0.39 is 0 Å². The zero-order chi connectivity index (χ0) is 25.9. The van der Waals surface area contributed by atoms with Gasteiger partial charge in [0.05, 0.1) is 23.7 Å². The van der Waals surface area contributed by atoms with Gasteiger partial charge in [0, 0.05) is 29.8 Å². The zero-order valence-electron chi connectivity index (χ0n) is 20.9. The van der Waals surface area contributed by atoms with Gasteiger partial charge in [-0.05, 0) is 42.5 Å². The molecule has 1 aliphatic heterocycles. The highest BCUT2D eigenvalue weighted by atomic mass is 16.4. The van der Waals surface area contributed by atoms with E-state index in [1.165, 1.54) is 0 Å². The maximum Gasteiger partial charge on any atom is 0.258 e. The van der Waals surface area contributed by atoms with Gasteiger partial charge < -0.3 is 15.2 Å². The Hall–Kier alpha value is -4.30. The van der Waals surface area contributed by atoms with Crippen molar-refractivity contribution in [2.24, 2.45) is 11.1 Å². The van der Waals surface area contributed by atoms with Gasteiger partial charge >= 0.3 is 0 Å². The van der Waals surface area contributed by atoms with Crippen molar-refractivity contribution in [3.8, 4) is 22.5 Å². The van der Waals surface area contributed by atoms with Crippen LogP contribution in [0.15, 0.2) is 78.0 Å². The average Bonchev–Trinajstić information content (AvgIpc) is 3.37. The van der Waals surface area contributed by atoms with E-state index >= 15 is 0 Å². The molecule has 0 fully saturated rings. The molecule has 1 unspecified atom stereocenters. The summed E-state index contributed by atoms with van der Waals surface area (Å²) < 4.78 is 1.84. The van der Waals surface area contributed by atoms with E-state index in [-0.39, 0.29) is 18.4 Å². The summed E-state index contributed by atoms with van der Waals surface area (Å²) in [5.41, 5.74) is 6.70. The largest absolute Gasteiger partial charge is 0.411 e. The number of aromatic nitrogens is 3. The Morgan fingerprint density at radius 2 is 1.65 bits per heavy atom. The molecule has 8 heteroatoms. The molecule has 37 heavy (non-hydrogen) atoms. The summed E-state index contributed by atoms with van der Waals surface area (Å²) in [5.74, 6) is -0.128. The van der Waals surface area contributed by atoms with Gasteiger partial charge in [-0.25, -0.2) is 4.68 Å². The number of carbonyl (C=O) groups excluding carboxylic acids is 1. The lowest BCUT2D eigenvalue weighted by Crippen LogP contribution is -2.36. The van der Waals surface area contributed by atoms with Crippen molar-refractivity contribution in [3.05, 3.63) is 89.5 Å². The van der Waals surface area contributed by atoms with Crippen molar-refractivity contribution < 1.29 is 15.1 Å². The third kappa shape index (κ3) is 4.51. The summed E-state index contributed by atoms with van der Waals surface area (Å²) in [6.07, 6.45) is 0.458. The van der Waals surface area contributed by atoms with E-state index in [1.807, 2.05) is 79.2 Å². The lowest BCUT2D eigenvalue weighted by Gasteiger charge is -2.30. The fourth-order valence-corrected chi connectivity index (χ4v) is 4.93. The number of hydrogen-bond donors (Lipinski definition) is 2. The highest BCUT2D eigenvalue weighted by molar-refractivity contribution is 6.14. The number of aliphatic hydroxyl groups is 1.